The Kier molecular flexibility index (Phi) is 6.49. The van der Waals surface area contributed by atoms with Crippen LogP contribution in [0.25, 0.3) is 0 Å². The van der Waals surface area contributed by atoms with E-state index in [0.29, 0.717) is 17.1 Å². The van der Waals surface area contributed by atoms with E-state index in [1.54, 1.807) is 47.9 Å². The summed E-state index contributed by atoms with van der Waals surface area (Å²) in [6.45, 7) is 5.68. The molecule has 3 heterocycles. The second-order valence-electron chi connectivity index (χ2n) is 8.79. The highest BCUT2D eigenvalue weighted by atomic mass is 35.5. The molecule has 3 aliphatic heterocycles. The Labute approximate surface area is 197 Å². The lowest BCUT2D eigenvalue weighted by atomic mass is 9.66. The summed E-state index contributed by atoms with van der Waals surface area (Å²) in [6, 6.07) is 5.50. The van der Waals surface area contributed by atoms with Gasteiger partial charge in [-0.3, -0.25) is 14.4 Å². The van der Waals surface area contributed by atoms with Gasteiger partial charge in [0, 0.05) is 16.0 Å². The summed E-state index contributed by atoms with van der Waals surface area (Å²) in [7, 11) is 0. The molecule has 1 aromatic carbocycles. The molecule has 3 saturated heterocycles. The highest BCUT2D eigenvalue weighted by molar-refractivity contribution is 8.02. The minimum Gasteiger partial charge on any atom is -0.466 e. The number of hydrogen-bond donors (Lipinski definition) is 2. The van der Waals surface area contributed by atoms with Crippen LogP contribution in [0.2, 0.25) is 5.02 Å². The number of hydrogen-bond acceptors (Lipinski definition) is 6. The molecule has 32 heavy (non-hydrogen) atoms. The summed E-state index contributed by atoms with van der Waals surface area (Å²) in [5.74, 6) is -2.06. The van der Waals surface area contributed by atoms with E-state index in [-0.39, 0.29) is 42.2 Å². The number of nitrogens with zero attached hydrogens (tertiary/aromatic N) is 1. The standard InChI is InChI=1S/C23H29ClN2O5S/c1-4-15(11-27)26-19(20(28)25-14-8-6-13(24)7-9-14)23-12(3)10-16(32-23)17(18(23)21(26)29)22(30)31-5-2/h6-9,12,15-19,27H,4-5,10-11H2,1-3H3,(H,25,28)/t12?,15-,16+,17-,18-,19?,23?/m0/s1. The van der Waals surface area contributed by atoms with E-state index in [1.807, 2.05) is 6.92 Å². The third kappa shape index (κ3) is 3.42. The first-order valence-electron chi connectivity index (χ1n) is 11.1. The molecule has 1 aromatic rings. The van der Waals surface area contributed by atoms with Gasteiger partial charge in [0.25, 0.3) is 0 Å². The molecule has 2 N–H and O–H groups in total. The molecule has 1 spiro atoms. The SMILES string of the molecule is CCOC(=O)[C@@H]1[C@H]2C(=O)N([C@@H](CC)CO)C(C(=O)Nc3ccc(Cl)cc3)C23S[C@@H]1CC3C. The van der Waals surface area contributed by atoms with E-state index in [9.17, 15) is 19.5 Å². The van der Waals surface area contributed by atoms with E-state index in [0.717, 1.165) is 6.42 Å². The van der Waals surface area contributed by atoms with Crippen LogP contribution in [0.4, 0.5) is 5.69 Å². The quantitative estimate of drug-likeness (QED) is 0.582. The number of nitrogens with one attached hydrogen (secondary N) is 1. The molecule has 0 radical (unpaired) electrons. The third-order valence-corrected chi connectivity index (χ3v) is 9.51. The van der Waals surface area contributed by atoms with Crippen molar-refractivity contribution in [2.75, 3.05) is 18.5 Å². The van der Waals surface area contributed by atoms with E-state index >= 15 is 0 Å². The number of carbonyl (C=O) groups excluding carboxylic acids is 3. The lowest BCUT2D eigenvalue weighted by molar-refractivity contribution is -0.154. The smallest absolute Gasteiger partial charge is 0.310 e. The van der Waals surface area contributed by atoms with Crippen molar-refractivity contribution in [1.29, 1.82) is 0 Å². The van der Waals surface area contributed by atoms with Crippen molar-refractivity contribution in [3.05, 3.63) is 29.3 Å². The summed E-state index contributed by atoms with van der Waals surface area (Å²) < 4.78 is 4.59. The van der Waals surface area contributed by atoms with E-state index in [4.69, 9.17) is 16.3 Å². The molecule has 0 saturated carbocycles. The number of fused-ring (bicyclic) bond motifs is 1. The number of esters is 1. The van der Waals surface area contributed by atoms with Gasteiger partial charge in [-0.2, -0.15) is 0 Å². The average Bonchev–Trinajstić information content (AvgIpc) is 3.35. The fourth-order valence-electron chi connectivity index (χ4n) is 5.82. The monoisotopic (exact) mass is 480 g/mol. The number of aliphatic hydroxyl groups excluding tert-OH is 1. The summed E-state index contributed by atoms with van der Waals surface area (Å²) in [5.41, 5.74) is 0.579. The summed E-state index contributed by atoms with van der Waals surface area (Å²) in [4.78, 5) is 41.9. The van der Waals surface area contributed by atoms with Crippen molar-refractivity contribution >= 4 is 46.8 Å². The number of rotatable bonds is 7. The summed E-state index contributed by atoms with van der Waals surface area (Å²) in [5, 5.41) is 13.5. The van der Waals surface area contributed by atoms with Crippen LogP contribution in [0.5, 0.6) is 0 Å². The molecular weight excluding hydrogens is 452 g/mol. The van der Waals surface area contributed by atoms with Crippen molar-refractivity contribution in [3.63, 3.8) is 0 Å². The van der Waals surface area contributed by atoms with Crippen molar-refractivity contribution in [2.24, 2.45) is 17.8 Å². The van der Waals surface area contributed by atoms with Gasteiger partial charge in [-0.1, -0.05) is 25.4 Å². The van der Waals surface area contributed by atoms with Crippen molar-refractivity contribution in [2.45, 2.75) is 55.7 Å². The lowest BCUT2D eigenvalue weighted by Gasteiger charge is -2.39. The molecule has 0 aliphatic carbocycles. The number of carbonyl (C=O) groups is 3. The third-order valence-electron chi connectivity index (χ3n) is 7.18. The van der Waals surface area contributed by atoms with E-state index < -0.39 is 28.7 Å². The largest absolute Gasteiger partial charge is 0.466 e. The van der Waals surface area contributed by atoms with Crippen LogP contribution in [0.3, 0.4) is 0 Å². The second kappa shape index (κ2) is 8.88. The maximum atomic E-state index is 13.8. The average molecular weight is 481 g/mol. The number of likely N-dealkylation sites (tertiary alicyclic amines) is 1. The Morgan fingerprint density at radius 2 is 2.03 bits per heavy atom. The molecule has 0 aromatic heterocycles. The highest BCUT2D eigenvalue weighted by Crippen LogP contribution is 2.69. The zero-order valence-electron chi connectivity index (χ0n) is 18.4. The minimum atomic E-state index is -0.794. The number of amides is 2. The number of aliphatic hydroxyl groups is 1. The molecule has 3 aliphatic rings. The van der Waals surface area contributed by atoms with Crippen LogP contribution >= 0.6 is 23.4 Å². The van der Waals surface area contributed by atoms with Gasteiger partial charge in [-0.15, -0.1) is 11.8 Å². The number of thioether (sulfide) groups is 1. The molecule has 4 rings (SSSR count). The van der Waals surface area contributed by atoms with Crippen LogP contribution in [0, 0.1) is 17.8 Å². The minimum absolute atomic E-state index is 0.0549. The van der Waals surface area contributed by atoms with Gasteiger partial charge in [-0.05, 0) is 49.9 Å². The zero-order chi connectivity index (χ0) is 23.2. The molecule has 3 fully saturated rings. The van der Waals surface area contributed by atoms with Crippen LogP contribution in [0.15, 0.2) is 24.3 Å². The summed E-state index contributed by atoms with van der Waals surface area (Å²) >= 11 is 7.56. The Bertz CT molecular complexity index is 908. The normalized spacial score (nSPS) is 33.8. The maximum Gasteiger partial charge on any atom is 0.310 e. The van der Waals surface area contributed by atoms with Crippen LogP contribution < -0.4 is 5.32 Å². The zero-order valence-corrected chi connectivity index (χ0v) is 20.0. The molecule has 9 heteroatoms. The first-order chi connectivity index (χ1) is 15.3. The molecule has 7 atom stereocenters. The van der Waals surface area contributed by atoms with Gasteiger partial charge in [0.1, 0.15) is 6.04 Å². The topological polar surface area (TPSA) is 95.9 Å². The Balaban J connectivity index is 1.76. The number of halogens is 1. The molecular formula is C23H29ClN2O5S. The Hall–Kier alpha value is -1.77. The van der Waals surface area contributed by atoms with Gasteiger partial charge in [0.05, 0.1) is 35.8 Å². The van der Waals surface area contributed by atoms with Crippen molar-refractivity contribution in [3.8, 4) is 0 Å². The molecule has 3 unspecified atom stereocenters. The first kappa shape index (κ1) is 23.4. The van der Waals surface area contributed by atoms with Crippen LogP contribution in [-0.4, -0.2) is 63.1 Å². The number of benzene rings is 1. The van der Waals surface area contributed by atoms with Crippen molar-refractivity contribution in [1.82, 2.24) is 4.90 Å². The van der Waals surface area contributed by atoms with Gasteiger partial charge in [-0.25, -0.2) is 0 Å². The Morgan fingerprint density at radius 3 is 2.62 bits per heavy atom. The van der Waals surface area contributed by atoms with E-state index in [2.05, 4.69) is 12.2 Å². The number of ether oxygens (including phenoxy) is 1. The molecule has 2 amide bonds. The fraction of sp³-hybridized carbons (Fsp3) is 0.609. The molecule has 174 valence electrons. The van der Waals surface area contributed by atoms with E-state index in [1.165, 1.54) is 0 Å². The predicted molar refractivity (Wildman–Crippen MR) is 123 cm³/mol. The van der Waals surface area contributed by atoms with Gasteiger partial charge in [0.15, 0.2) is 0 Å². The van der Waals surface area contributed by atoms with Crippen LogP contribution in [-0.2, 0) is 19.1 Å². The van der Waals surface area contributed by atoms with Gasteiger partial charge < -0.3 is 20.1 Å². The fourth-order valence-corrected chi connectivity index (χ4v) is 8.34. The highest BCUT2D eigenvalue weighted by Gasteiger charge is 2.76. The molecule has 7 nitrogen and oxygen atoms in total. The first-order valence-corrected chi connectivity index (χ1v) is 12.4. The Morgan fingerprint density at radius 1 is 1.34 bits per heavy atom. The van der Waals surface area contributed by atoms with Gasteiger partial charge in [0.2, 0.25) is 11.8 Å². The van der Waals surface area contributed by atoms with Crippen LogP contribution in [0.1, 0.15) is 33.6 Å². The van der Waals surface area contributed by atoms with Gasteiger partial charge >= 0.3 is 5.97 Å². The lowest BCUT2D eigenvalue weighted by Crippen LogP contribution is -2.56. The molecule has 2 bridgehead atoms. The predicted octanol–water partition coefficient (Wildman–Crippen LogP) is 2.95. The second-order valence-corrected chi connectivity index (χ2v) is 10.8. The summed E-state index contributed by atoms with van der Waals surface area (Å²) in [6.07, 6.45) is 1.24. The maximum absolute atomic E-state index is 13.8. The van der Waals surface area contributed by atoms with Crippen molar-refractivity contribution < 1.29 is 24.2 Å². The number of anilines is 1.